The fraction of sp³-hybridized carbons (Fsp3) is 0.308. The number of phenolic OH excluding ortho intramolecular Hbond substituents is 1. The standard InChI is InChI=1S/C26H28FN5O2S/c1-3-16-14-18(33)4-5-19(16)20-6-7-21-24(23(20)27)30-31-25(21)26-28-15-22(29-26)17-8-10-32(11-9-17)12-13-35(2)34/h4-8,14-15,33H,3,9-13H2,1-2H3,(H,28,29)(H,30,31). The molecule has 1 unspecified atom stereocenters. The number of imidazole rings is 1. The van der Waals surface area contributed by atoms with Crippen LogP contribution in [0.4, 0.5) is 4.39 Å². The monoisotopic (exact) mass is 493 g/mol. The van der Waals surface area contributed by atoms with Crippen LogP contribution in [-0.2, 0) is 17.2 Å². The number of nitrogens with one attached hydrogen (secondary N) is 2. The Hall–Kier alpha value is -3.30. The molecule has 2 aromatic heterocycles. The molecule has 0 bridgehead atoms. The number of nitrogens with zero attached hydrogens (tertiary/aromatic N) is 3. The third-order valence-corrected chi connectivity index (χ3v) is 7.33. The van der Waals surface area contributed by atoms with Crippen molar-refractivity contribution < 1.29 is 13.7 Å². The van der Waals surface area contributed by atoms with Gasteiger partial charge in [-0.15, -0.1) is 0 Å². The Balaban J connectivity index is 1.42. The molecular formula is C26H28FN5O2S. The Morgan fingerprint density at radius 3 is 2.80 bits per heavy atom. The van der Waals surface area contributed by atoms with Crippen LogP contribution >= 0.6 is 0 Å². The highest BCUT2D eigenvalue weighted by molar-refractivity contribution is 7.84. The van der Waals surface area contributed by atoms with Crippen molar-refractivity contribution in [2.45, 2.75) is 19.8 Å². The summed E-state index contributed by atoms with van der Waals surface area (Å²) in [6, 6.07) is 8.60. The average molecular weight is 494 g/mol. The number of rotatable bonds is 7. The van der Waals surface area contributed by atoms with E-state index >= 15 is 4.39 Å². The molecule has 5 rings (SSSR count). The topological polar surface area (TPSA) is 97.9 Å². The summed E-state index contributed by atoms with van der Waals surface area (Å²) in [7, 11) is -0.779. The van der Waals surface area contributed by atoms with Gasteiger partial charge in [0.25, 0.3) is 0 Å². The number of aromatic nitrogens is 4. The fourth-order valence-corrected chi connectivity index (χ4v) is 5.11. The highest BCUT2D eigenvalue weighted by Crippen LogP contribution is 2.35. The van der Waals surface area contributed by atoms with Gasteiger partial charge in [-0.25, -0.2) is 9.37 Å². The third-order valence-electron chi connectivity index (χ3n) is 6.57. The second-order valence-electron chi connectivity index (χ2n) is 8.82. The van der Waals surface area contributed by atoms with Gasteiger partial charge in [0.15, 0.2) is 11.6 Å². The second-order valence-corrected chi connectivity index (χ2v) is 10.4. The molecule has 0 fully saturated rings. The van der Waals surface area contributed by atoms with E-state index in [-0.39, 0.29) is 11.3 Å². The Bertz CT molecular complexity index is 1440. The number of H-pyrrole nitrogens is 2. The largest absolute Gasteiger partial charge is 0.508 e. The first kappa shape index (κ1) is 23.4. The summed E-state index contributed by atoms with van der Waals surface area (Å²) in [6.07, 6.45) is 7.28. The van der Waals surface area contributed by atoms with Crippen LogP contribution in [0.2, 0.25) is 0 Å². The normalized spacial score (nSPS) is 15.5. The van der Waals surface area contributed by atoms with Crippen molar-refractivity contribution in [3.05, 3.63) is 59.7 Å². The Morgan fingerprint density at radius 2 is 2.06 bits per heavy atom. The van der Waals surface area contributed by atoms with Crippen LogP contribution in [0.25, 0.3) is 39.1 Å². The predicted molar refractivity (Wildman–Crippen MR) is 138 cm³/mol. The van der Waals surface area contributed by atoms with Gasteiger partial charge in [-0.3, -0.25) is 14.2 Å². The van der Waals surface area contributed by atoms with E-state index in [4.69, 9.17) is 0 Å². The number of halogens is 1. The van der Waals surface area contributed by atoms with Crippen molar-refractivity contribution in [3.63, 3.8) is 0 Å². The maximum absolute atomic E-state index is 15.5. The minimum Gasteiger partial charge on any atom is -0.508 e. The second kappa shape index (κ2) is 9.75. The van der Waals surface area contributed by atoms with Crippen LogP contribution < -0.4 is 0 Å². The maximum atomic E-state index is 15.5. The number of benzene rings is 2. The fourth-order valence-electron chi connectivity index (χ4n) is 4.60. The van der Waals surface area contributed by atoms with Gasteiger partial charge in [0.2, 0.25) is 0 Å². The Kier molecular flexibility index (Phi) is 6.53. The first-order chi connectivity index (χ1) is 16.9. The predicted octanol–water partition coefficient (Wildman–Crippen LogP) is 4.49. The molecule has 3 heterocycles. The Morgan fingerprint density at radius 1 is 1.23 bits per heavy atom. The van der Waals surface area contributed by atoms with E-state index in [1.165, 1.54) is 5.57 Å². The molecule has 2 aromatic carbocycles. The van der Waals surface area contributed by atoms with E-state index in [1.807, 2.05) is 13.0 Å². The highest BCUT2D eigenvalue weighted by atomic mass is 32.2. The smallest absolute Gasteiger partial charge is 0.159 e. The summed E-state index contributed by atoms with van der Waals surface area (Å²) in [4.78, 5) is 10.2. The number of fused-ring (bicyclic) bond motifs is 1. The van der Waals surface area contributed by atoms with Crippen molar-refractivity contribution in [1.29, 1.82) is 0 Å². The molecule has 4 aromatic rings. The van der Waals surface area contributed by atoms with Gasteiger partial charge in [-0.2, -0.15) is 5.10 Å². The van der Waals surface area contributed by atoms with E-state index in [0.717, 1.165) is 42.9 Å². The zero-order valence-electron chi connectivity index (χ0n) is 19.8. The molecule has 7 nitrogen and oxygen atoms in total. The van der Waals surface area contributed by atoms with Gasteiger partial charge in [-0.1, -0.05) is 25.1 Å². The molecule has 9 heteroatoms. The third kappa shape index (κ3) is 4.66. The molecule has 1 atom stereocenters. The summed E-state index contributed by atoms with van der Waals surface area (Å²) in [5.41, 5.74) is 5.10. The number of aromatic hydroxyl groups is 1. The SMILES string of the molecule is CCc1cc(O)ccc1-c1ccc2c(-c3ncc(C4=CCN(CCS(C)=O)CC4)[nH]3)[nH]nc2c1F. The van der Waals surface area contributed by atoms with E-state index in [1.54, 1.807) is 36.7 Å². The summed E-state index contributed by atoms with van der Waals surface area (Å²) >= 11 is 0. The van der Waals surface area contributed by atoms with Gasteiger partial charge in [0.1, 0.15) is 17.0 Å². The number of aromatic amines is 2. The van der Waals surface area contributed by atoms with Crippen LogP contribution in [0.15, 0.2) is 42.6 Å². The summed E-state index contributed by atoms with van der Waals surface area (Å²) < 4.78 is 26.9. The van der Waals surface area contributed by atoms with Gasteiger partial charge >= 0.3 is 0 Å². The molecule has 0 aliphatic carbocycles. The van der Waals surface area contributed by atoms with Crippen LogP contribution in [-0.4, -0.2) is 66.0 Å². The van der Waals surface area contributed by atoms with Crippen molar-refractivity contribution in [3.8, 4) is 28.4 Å². The molecular weight excluding hydrogens is 465 g/mol. The van der Waals surface area contributed by atoms with Crippen molar-refractivity contribution >= 4 is 27.3 Å². The van der Waals surface area contributed by atoms with Gasteiger partial charge < -0.3 is 10.1 Å². The minimum absolute atomic E-state index is 0.168. The lowest BCUT2D eigenvalue weighted by Crippen LogP contribution is -2.31. The average Bonchev–Trinajstić information content (AvgIpc) is 3.51. The summed E-state index contributed by atoms with van der Waals surface area (Å²) in [6.45, 7) is 4.54. The zero-order valence-corrected chi connectivity index (χ0v) is 20.6. The molecule has 0 amide bonds. The molecule has 0 spiro atoms. The molecule has 0 radical (unpaired) electrons. The number of hydrogen-bond acceptors (Lipinski definition) is 5. The molecule has 182 valence electrons. The van der Waals surface area contributed by atoms with Crippen LogP contribution in [0.5, 0.6) is 5.75 Å². The molecule has 35 heavy (non-hydrogen) atoms. The minimum atomic E-state index is -0.779. The van der Waals surface area contributed by atoms with Crippen LogP contribution in [0.3, 0.4) is 0 Å². The number of aryl methyl sites for hydroxylation is 1. The summed E-state index contributed by atoms with van der Waals surface area (Å²) in [5, 5.41) is 17.7. The molecule has 0 saturated heterocycles. The maximum Gasteiger partial charge on any atom is 0.159 e. The van der Waals surface area contributed by atoms with Gasteiger partial charge in [0, 0.05) is 53.4 Å². The molecule has 1 aliphatic heterocycles. The van der Waals surface area contributed by atoms with E-state index in [9.17, 15) is 9.32 Å². The van der Waals surface area contributed by atoms with Crippen molar-refractivity contribution in [2.24, 2.45) is 0 Å². The lowest BCUT2D eigenvalue weighted by molar-refractivity contribution is 0.320. The lowest BCUT2D eigenvalue weighted by atomic mass is 9.96. The lowest BCUT2D eigenvalue weighted by Gasteiger charge is -2.25. The van der Waals surface area contributed by atoms with Crippen molar-refractivity contribution in [2.75, 3.05) is 31.6 Å². The molecule has 3 N–H and O–H groups in total. The van der Waals surface area contributed by atoms with E-state index < -0.39 is 16.6 Å². The van der Waals surface area contributed by atoms with Crippen LogP contribution in [0.1, 0.15) is 24.6 Å². The summed E-state index contributed by atoms with van der Waals surface area (Å²) in [5.74, 6) is 1.06. The molecule has 1 aliphatic rings. The van der Waals surface area contributed by atoms with Crippen molar-refractivity contribution in [1.82, 2.24) is 25.1 Å². The number of hydrogen-bond donors (Lipinski definition) is 3. The zero-order chi connectivity index (χ0) is 24.5. The quantitative estimate of drug-likeness (QED) is 0.352. The van der Waals surface area contributed by atoms with Gasteiger partial charge in [0.05, 0.1) is 11.9 Å². The molecule has 0 saturated carbocycles. The highest BCUT2D eigenvalue weighted by Gasteiger charge is 2.20. The Labute approximate surface area is 205 Å². The first-order valence-corrected chi connectivity index (χ1v) is 13.4. The van der Waals surface area contributed by atoms with E-state index in [0.29, 0.717) is 34.6 Å². The van der Waals surface area contributed by atoms with E-state index in [2.05, 4.69) is 31.1 Å². The first-order valence-electron chi connectivity index (χ1n) is 11.7. The van der Waals surface area contributed by atoms with Crippen LogP contribution in [0, 0.1) is 5.82 Å². The van der Waals surface area contributed by atoms with Gasteiger partial charge in [-0.05, 0) is 47.7 Å². The number of phenols is 1.